The monoisotopic (exact) mass is 336 g/mol. The number of fused-ring (bicyclic) bond motifs is 1. The maximum atomic E-state index is 13.7. The zero-order valence-corrected chi connectivity index (χ0v) is 12.3. The van der Waals surface area contributed by atoms with Crippen molar-refractivity contribution in [1.29, 1.82) is 0 Å². The molecule has 8 heteroatoms. The maximum absolute atomic E-state index is 13.7. The number of amides is 2. The van der Waals surface area contributed by atoms with Gasteiger partial charge in [0.05, 0.1) is 11.3 Å². The van der Waals surface area contributed by atoms with E-state index in [1.165, 1.54) is 6.07 Å². The summed E-state index contributed by atoms with van der Waals surface area (Å²) in [5.74, 6) is -5.80. The number of para-hydroxylation sites is 1. The van der Waals surface area contributed by atoms with Gasteiger partial charge in [-0.25, -0.2) is 13.2 Å². The highest BCUT2D eigenvalue weighted by atomic mass is 19.2. The van der Waals surface area contributed by atoms with E-state index in [4.69, 9.17) is 4.74 Å². The number of benzene rings is 2. The highest BCUT2D eigenvalue weighted by Crippen LogP contribution is 2.36. The van der Waals surface area contributed by atoms with Crippen molar-refractivity contribution in [3.8, 4) is 5.75 Å². The summed E-state index contributed by atoms with van der Waals surface area (Å²) in [6.45, 7) is 1.56. The minimum absolute atomic E-state index is 0.141. The average Bonchev–Trinajstić information content (AvgIpc) is 2.54. The topological polar surface area (TPSA) is 67.4 Å². The van der Waals surface area contributed by atoms with Crippen LogP contribution >= 0.6 is 0 Å². The molecule has 1 unspecified atom stereocenters. The van der Waals surface area contributed by atoms with E-state index in [9.17, 15) is 22.8 Å². The van der Waals surface area contributed by atoms with E-state index in [0.29, 0.717) is 11.8 Å². The molecule has 0 spiro atoms. The summed E-state index contributed by atoms with van der Waals surface area (Å²) in [6, 6.07) is 6.07. The smallest absolute Gasteiger partial charge is 0.265 e. The molecule has 1 heterocycles. The van der Waals surface area contributed by atoms with Gasteiger partial charge >= 0.3 is 0 Å². The van der Waals surface area contributed by atoms with E-state index < -0.39 is 40.9 Å². The van der Waals surface area contributed by atoms with E-state index in [0.717, 1.165) is 6.07 Å². The highest BCUT2D eigenvalue weighted by molar-refractivity contribution is 6.09. The lowest BCUT2D eigenvalue weighted by molar-refractivity contribution is -0.122. The summed E-state index contributed by atoms with van der Waals surface area (Å²) in [5, 5.41) is 4.91. The Bertz CT molecular complexity index is 855. The molecule has 0 saturated carbocycles. The first-order valence-corrected chi connectivity index (χ1v) is 6.94. The second-order valence-corrected chi connectivity index (χ2v) is 5.11. The Kier molecular flexibility index (Phi) is 3.88. The quantitative estimate of drug-likeness (QED) is 0.828. The SMILES string of the molecule is CC1Oc2cccc(NC(=O)c3ccc(F)c(F)c3F)c2NC1=O. The standard InChI is InChI=1S/C16H11F3N2O3/c1-7-15(22)21-14-10(3-2-4-11(14)24-7)20-16(23)8-5-6-9(17)13(19)12(8)18/h2-7H,1H3,(H,20,23)(H,21,22). The minimum atomic E-state index is -1.73. The van der Waals surface area contributed by atoms with E-state index in [-0.39, 0.29) is 11.4 Å². The number of ether oxygens (including phenoxy) is 1. The van der Waals surface area contributed by atoms with Crippen LogP contribution in [-0.4, -0.2) is 17.9 Å². The normalized spacial score (nSPS) is 16.0. The van der Waals surface area contributed by atoms with Gasteiger partial charge in [0.15, 0.2) is 23.6 Å². The summed E-state index contributed by atoms with van der Waals surface area (Å²) in [4.78, 5) is 23.8. The second kappa shape index (κ2) is 5.88. The predicted octanol–water partition coefficient (Wildman–Crippen LogP) is 3.08. The molecule has 3 rings (SSSR count). The van der Waals surface area contributed by atoms with Gasteiger partial charge in [0.2, 0.25) is 0 Å². The van der Waals surface area contributed by atoms with Crippen LogP contribution in [0.5, 0.6) is 5.75 Å². The van der Waals surface area contributed by atoms with E-state index in [2.05, 4.69) is 10.6 Å². The van der Waals surface area contributed by atoms with Crippen LogP contribution in [0.3, 0.4) is 0 Å². The van der Waals surface area contributed by atoms with Gasteiger partial charge in [0, 0.05) is 0 Å². The molecule has 2 aromatic carbocycles. The van der Waals surface area contributed by atoms with Gasteiger partial charge in [-0.05, 0) is 31.2 Å². The third-order valence-electron chi connectivity index (χ3n) is 3.48. The van der Waals surface area contributed by atoms with Crippen molar-refractivity contribution in [2.75, 3.05) is 10.6 Å². The van der Waals surface area contributed by atoms with Crippen LogP contribution in [0.4, 0.5) is 24.5 Å². The van der Waals surface area contributed by atoms with Crippen molar-refractivity contribution >= 4 is 23.2 Å². The number of anilines is 2. The van der Waals surface area contributed by atoms with Crippen molar-refractivity contribution in [2.45, 2.75) is 13.0 Å². The molecular formula is C16H11F3N2O3. The molecule has 2 amide bonds. The highest BCUT2D eigenvalue weighted by Gasteiger charge is 2.26. The molecule has 5 nitrogen and oxygen atoms in total. The van der Waals surface area contributed by atoms with Crippen LogP contribution < -0.4 is 15.4 Å². The molecule has 1 atom stereocenters. The summed E-state index contributed by atoms with van der Waals surface area (Å²) in [6.07, 6.45) is -0.702. The van der Waals surface area contributed by atoms with Gasteiger partial charge in [0.25, 0.3) is 11.8 Å². The molecule has 24 heavy (non-hydrogen) atoms. The average molecular weight is 336 g/mol. The number of nitrogens with one attached hydrogen (secondary N) is 2. The third kappa shape index (κ3) is 2.66. The van der Waals surface area contributed by atoms with Gasteiger partial charge in [-0.1, -0.05) is 6.07 Å². The van der Waals surface area contributed by atoms with Crippen molar-refractivity contribution < 1.29 is 27.5 Å². The van der Waals surface area contributed by atoms with Gasteiger partial charge in [0.1, 0.15) is 11.4 Å². The first kappa shape index (κ1) is 15.9. The zero-order chi connectivity index (χ0) is 17.4. The number of rotatable bonds is 2. The lowest BCUT2D eigenvalue weighted by Gasteiger charge is -2.25. The van der Waals surface area contributed by atoms with Crippen LogP contribution in [0.2, 0.25) is 0 Å². The molecule has 1 aliphatic rings. The van der Waals surface area contributed by atoms with Crippen LogP contribution in [0.25, 0.3) is 0 Å². The third-order valence-corrected chi connectivity index (χ3v) is 3.48. The zero-order valence-electron chi connectivity index (χ0n) is 12.3. The lowest BCUT2D eigenvalue weighted by atomic mass is 10.1. The van der Waals surface area contributed by atoms with Crippen molar-refractivity contribution in [3.05, 3.63) is 53.3 Å². The Hall–Kier alpha value is -3.03. The maximum Gasteiger partial charge on any atom is 0.265 e. The summed E-state index contributed by atoms with van der Waals surface area (Å²) >= 11 is 0. The lowest BCUT2D eigenvalue weighted by Crippen LogP contribution is -2.35. The van der Waals surface area contributed by atoms with Gasteiger partial charge in [-0.2, -0.15) is 0 Å². The first-order valence-electron chi connectivity index (χ1n) is 6.94. The van der Waals surface area contributed by atoms with E-state index in [1.807, 2.05) is 0 Å². The largest absolute Gasteiger partial charge is 0.479 e. The fourth-order valence-corrected chi connectivity index (χ4v) is 2.22. The van der Waals surface area contributed by atoms with Crippen LogP contribution in [0.1, 0.15) is 17.3 Å². The Balaban J connectivity index is 1.93. The van der Waals surface area contributed by atoms with E-state index >= 15 is 0 Å². The molecule has 2 N–H and O–H groups in total. The number of carbonyl (C=O) groups excluding carboxylic acids is 2. The van der Waals surface area contributed by atoms with Gasteiger partial charge in [-0.3, -0.25) is 9.59 Å². The van der Waals surface area contributed by atoms with Crippen LogP contribution in [-0.2, 0) is 4.79 Å². The Morgan fingerprint density at radius 2 is 1.92 bits per heavy atom. The van der Waals surface area contributed by atoms with Gasteiger partial charge in [-0.15, -0.1) is 0 Å². The van der Waals surface area contributed by atoms with Crippen LogP contribution in [0, 0.1) is 17.5 Å². The van der Waals surface area contributed by atoms with Crippen molar-refractivity contribution in [1.82, 2.24) is 0 Å². The Morgan fingerprint density at radius 3 is 2.67 bits per heavy atom. The molecule has 124 valence electrons. The Morgan fingerprint density at radius 1 is 1.17 bits per heavy atom. The number of halogens is 3. The molecule has 0 saturated heterocycles. The molecule has 0 aromatic heterocycles. The predicted molar refractivity (Wildman–Crippen MR) is 79.4 cm³/mol. The summed E-state index contributed by atoms with van der Waals surface area (Å²) in [7, 11) is 0. The number of hydrogen-bond acceptors (Lipinski definition) is 3. The van der Waals surface area contributed by atoms with E-state index in [1.54, 1.807) is 19.1 Å². The molecular weight excluding hydrogens is 325 g/mol. The summed E-state index contributed by atoms with van der Waals surface area (Å²) < 4.78 is 45.3. The number of hydrogen-bond donors (Lipinski definition) is 2. The van der Waals surface area contributed by atoms with Crippen molar-refractivity contribution in [2.24, 2.45) is 0 Å². The molecule has 0 fully saturated rings. The van der Waals surface area contributed by atoms with Crippen LogP contribution in [0.15, 0.2) is 30.3 Å². The fourth-order valence-electron chi connectivity index (χ4n) is 2.22. The Labute approximate surface area is 134 Å². The molecule has 0 radical (unpaired) electrons. The fraction of sp³-hybridized carbons (Fsp3) is 0.125. The molecule has 2 aromatic rings. The van der Waals surface area contributed by atoms with Gasteiger partial charge < -0.3 is 15.4 Å². The first-order chi connectivity index (χ1) is 11.4. The molecule has 0 bridgehead atoms. The molecule has 0 aliphatic carbocycles. The summed E-state index contributed by atoms with van der Waals surface area (Å²) in [5.41, 5.74) is -0.318. The minimum Gasteiger partial charge on any atom is -0.479 e. The van der Waals surface area contributed by atoms with Crippen molar-refractivity contribution in [3.63, 3.8) is 0 Å². The molecule has 1 aliphatic heterocycles. The second-order valence-electron chi connectivity index (χ2n) is 5.11. The number of carbonyl (C=O) groups is 2.